The number of aliphatic hydroxyl groups is 1. The summed E-state index contributed by atoms with van der Waals surface area (Å²) >= 11 is 0. The number of carboxylic acid groups (broad SMARTS) is 5. The summed E-state index contributed by atoms with van der Waals surface area (Å²) in [6.07, 6.45) is -0.0914. The van der Waals surface area contributed by atoms with Crippen LogP contribution in [-0.4, -0.2) is 139 Å². The first-order chi connectivity index (χ1) is 13.9. The molecule has 1 rings (SSSR count). The molecule has 3 atom stereocenters. The number of rotatable bonds is 14. The van der Waals surface area contributed by atoms with Crippen molar-refractivity contribution < 1.29 is 54.6 Å². The van der Waals surface area contributed by atoms with Gasteiger partial charge in [-0.05, 0) is 6.42 Å². The summed E-state index contributed by atoms with van der Waals surface area (Å²) < 4.78 is 0. The van der Waals surface area contributed by atoms with Gasteiger partial charge in [-0.1, -0.05) is 0 Å². The molecule has 14 heteroatoms. The number of nitrogens with zero attached hydrogens (tertiary/aromatic N) is 3. The Morgan fingerprint density at radius 3 is 1.80 bits per heavy atom. The monoisotopic (exact) mass is 435 g/mol. The van der Waals surface area contributed by atoms with Gasteiger partial charge in [-0.15, -0.1) is 0 Å². The Morgan fingerprint density at radius 1 is 0.867 bits per heavy atom. The zero-order valence-electron chi connectivity index (χ0n) is 16.0. The Kier molecular flexibility index (Phi) is 9.58. The van der Waals surface area contributed by atoms with Crippen LogP contribution in [0.4, 0.5) is 0 Å². The maximum atomic E-state index is 11.5. The van der Waals surface area contributed by atoms with Crippen LogP contribution in [0.25, 0.3) is 0 Å². The van der Waals surface area contributed by atoms with E-state index in [2.05, 4.69) is 0 Å². The molecular weight excluding hydrogens is 410 g/mol. The quantitative estimate of drug-likeness (QED) is 0.159. The smallest absolute Gasteiger partial charge is 0.320 e. The zero-order chi connectivity index (χ0) is 23.0. The first kappa shape index (κ1) is 25.2. The summed E-state index contributed by atoms with van der Waals surface area (Å²) in [4.78, 5) is 59.3. The highest BCUT2D eigenvalue weighted by Gasteiger charge is 2.41. The minimum absolute atomic E-state index is 0.0768. The van der Waals surface area contributed by atoms with Gasteiger partial charge < -0.3 is 30.6 Å². The number of hydrogen-bond acceptors (Lipinski definition) is 9. The summed E-state index contributed by atoms with van der Waals surface area (Å²) in [7, 11) is 0. The van der Waals surface area contributed by atoms with Crippen molar-refractivity contribution in [2.75, 3.05) is 45.9 Å². The molecule has 1 aliphatic heterocycles. The van der Waals surface area contributed by atoms with Crippen molar-refractivity contribution in [1.29, 1.82) is 0 Å². The van der Waals surface area contributed by atoms with Crippen LogP contribution in [0.2, 0.25) is 0 Å². The fourth-order valence-corrected chi connectivity index (χ4v) is 3.49. The molecule has 0 spiro atoms. The Hall–Kier alpha value is -2.81. The molecule has 0 unspecified atom stereocenters. The van der Waals surface area contributed by atoms with E-state index in [4.69, 9.17) is 15.3 Å². The Balaban J connectivity index is 3.07. The highest BCUT2D eigenvalue weighted by molar-refractivity contribution is 5.76. The van der Waals surface area contributed by atoms with E-state index in [0.717, 1.165) is 4.90 Å². The average molecular weight is 435 g/mol. The third-order valence-electron chi connectivity index (χ3n) is 4.71. The predicted octanol–water partition coefficient (Wildman–Crippen LogP) is -3.18. The van der Waals surface area contributed by atoms with Gasteiger partial charge in [-0.3, -0.25) is 38.7 Å². The molecule has 0 saturated carbocycles. The van der Waals surface area contributed by atoms with Gasteiger partial charge in [0.25, 0.3) is 0 Å². The maximum Gasteiger partial charge on any atom is 0.320 e. The fourth-order valence-electron chi connectivity index (χ4n) is 3.49. The fraction of sp³-hybridized carbons (Fsp3) is 0.688. The second-order valence-electron chi connectivity index (χ2n) is 6.92. The summed E-state index contributed by atoms with van der Waals surface area (Å²) in [6.45, 7) is -3.61. The minimum Gasteiger partial charge on any atom is -0.480 e. The van der Waals surface area contributed by atoms with Crippen LogP contribution in [-0.2, 0) is 24.0 Å². The van der Waals surface area contributed by atoms with Crippen LogP contribution in [0.3, 0.4) is 0 Å². The van der Waals surface area contributed by atoms with Crippen LogP contribution < -0.4 is 0 Å². The first-order valence-electron chi connectivity index (χ1n) is 8.87. The summed E-state index contributed by atoms with van der Waals surface area (Å²) in [5.74, 6) is -6.50. The largest absolute Gasteiger partial charge is 0.480 e. The maximum absolute atomic E-state index is 11.5. The minimum atomic E-state index is -1.35. The molecule has 170 valence electrons. The SMILES string of the molecule is O=C(O)CN(CC(=O)O)[C@@H](CO)CN(CC(=O)O)[C@H]1C[C@@H](C(=O)O)N(CC(=O)O)C1. The molecule has 6 N–H and O–H groups in total. The molecule has 0 bridgehead atoms. The lowest BCUT2D eigenvalue weighted by Crippen LogP contribution is -2.53. The number of aliphatic carboxylic acids is 5. The van der Waals surface area contributed by atoms with Crippen LogP contribution in [0, 0.1) is 0 Å². The number of likely N-dealkylation sites (tertiary alicyclic amines) is 1. The van der Waals surface area contributed by atoms with Crippen LogP contribution in [0.1, 0.15) is 6.42 Å². The molecule has 0 aliphatic carbocycles. The average Bonchev–Trinajstić information content (AvgIpc) is 3.00. The van der Waals surface area contributed by atoms with Crippen molar-refractivity contribution in [3.05, 3.63) is 0 Å². The molecule has 1 saturated heterocycles. The number of carboxylic acids is 5. The highest BCUT2D eigenvalue weighted by atomic mass is 16.4. The van der Waals surface area contributed by atoms with Crippen molar-refractivity contribution in [2.45, 2.75) is 24.5 Å². The third-order valence-corrected chi connectivity index (χ3v) is 4.71. The number of hydrogen-bond donors (Lipinski definition) is 6. The van der Waals surface area contributed by atoms with E-state index < -0.39 is 80.8 Å². The Morgan fingerprint density at radius 2 is 1.40 bits per heavy atom. The van der Waals surface area contributed by atoms with E-state index in [-0.39, 0.29) is 19.5 Å². The third kappa shape index (κ3) is 7.90. The number of aliphatic hydroxyl groups excluding tert-OH is 1. The lowest BCUT2D eigenvalue weighted by atomic mass is 10.1. The highest BCUT2D eigenvalue weighted by Crippen LogP contribution is 2.23. The molecule has 1 heterocycles. The number of carbonyl (C=O) groups is 5. The standard InChI is InChI=1S/C16H25N3O11/c20-8-10(18(5-13(23)24)6-14(25)26)3-17(4-12(21)22)9-1-11(16(29)30)19(2-9)7-15(27)28/h9-11,20H,1-8H2,(H,21,22)(H,23,24)(H,25,26)(H,27,28)(H,29,30)/t9-,10+,11-/m0/s1. The topological polar surface area (TPSA) is 216 Å². The van der Waals surface area contributed by atoms with Gasteiger partial charge in [-0.25, -0.2) is 0 Å². The summed E-state index contributed by atoms with van der Waals surface area (Å²) in [5.41, 5.74) is 0. The van der Waals surface area contributed by atoms with E-state index >= 15 is 0 Å². The van der Waals surface area contributed by atoms with E-state index in [9.17, 15) is 39.3 Å². The van der Waals surface area contributed by atoms with Gasteiger partial charge in [0.05, 0.1) is 32.8 Å². The Labute approximate surface area is 170 Å². The van der Waals surface area contributed by atoms with E-state index in [0.29, 0.717) is 0 Å². The molecule has 0 amide bonds. The van der Waals surface area contributed by atoms with Crippen molar-refractivity contribution in [3.8, 4) is 0 Å². The summed E-state index contributed by atoms with van der Waals surface area (Å²) in [5, 5.41) is 55.2. The molecule has 1 aliphatic rings. The molecule has 1 fully saturated rings. The van der Waals surface area contributed by atoms with Gasteiger partial charge in [0.15, 0.2) is 0 Å². The molecule has 0 radical (unpaired) electrons. The molecule has 0 aromatic carbocycles. The molecule has 30 heavy (non-hydrogen) atoms. The normalized spacial score (nSPS) is 20.4. The van der Waals surface area contributed by atoms with Crippen molar-refractivity contribution in [3.63, 3.8) is 0 Å². The van der Waals surface area contributed by atoms with Gasteiger partial charge in [0.2, 0.25) is 0 Å². The zero-order valence-corrected chi connectivity index (χ0v) is 16.0. The molecule has 0 aromatic heterocycles. The molecule has 0 aromatic rings. The first-order valence-corrected chi connectivity index (χ1v) is 8.87. The van der Waals surface area contributed by atoms with Gasteiger partial charge in [-0.2, -0.15) is 0 Å². The van der Waals surface area contributed by atoms with Crippen LogP contribution in [0.15, 0.2) is 0 Å². The van der Waals surface area contributed by atoms with E-state index in [1.807, 2.05) is 0 Å². The van der Waals surface area contributed by atoms with Crippen molar-refractivity contribution >= 4 is 29.8 Å². The van der Waals surface area contributed by atoms with Gasteiger partial charge in [0, 0.05) is 25.2 Å². The van der Waals surface area contributed by atoms with Crippen molar-refractivity contribution in [2.24, 2.45) is 0 Å². The van der Waals surface area contributed by atoms with Gasteiger partial charge >= 0.3 is 29.8 Å². The second-order valence-corrected chi connectivity index (χ2v) is 6.92. The second kappa shape index (κ2) is 11.4. The van der Waals surface area contributed by atoms with Crippen LogP contribution in [0.5, 0.6) is 0 Å². The lowest BCUT2D eigenvalue weighted by Gasteiger charge is -2.35. The van der Waals surface area contributed by atoms with E-state index in [1.54, 1.807) is 0 Å². The van der Waals surface area contributed by atoms with E-state index in [1.165, 1.54) is 9.80 Å². The Bertz CT molecular complexity index is 655. The molecular formula is C16H25N3O11. The molecule has 14 nitrogen and oxygen atoms in total. The summed E-state index contributed by atoms with van der Waals surface area (Å²) in [6, 6.07) is -2.94. The lowest BCUT2D eigenvalue weighted by molar-refractivity contribution is -0.146. The van der Waals surface area contributed by atoms with Gasteiger partial charge in [0.1, 0.15) is 6.04 Å². The van der Waals surface area contributed by atoms with Crippen LogP contribution >= 0.6 is 0 Å². The van der Waals surface area contributed by atoms with Crippen molar-refractivity contribution in [1.82, 2.24) is 14.7 Å². The predicted molar refractivity (Wildman–Crippen MR) is 96.0 cm³/mol.